The summed E-state index contributed by atoms with van der Waals surface area (Å²) >= 11 is 0. The lowest BCUT2D eigenvalue weighted by Gasteiger charge is -2.53. The topological polar surface area (TPSA) is 73.5 Å². The second-order valence-corrected chi connectivity index (χ2v) is 8.35. The minimum absolute atomic E-state index is 0.237. The number of H-pyrrole nitrogens is 1. The van der Waals surface area contributed by atoms with Crippen LogP contribution in [0.3, 0.4) is 0 Å². The molecule has 3 aliphatic rings. The van der Waals surface area contributed by atoms with Crippen LogP contribution >= 0.6 is 0 Å². The van der Waals surface area contributed by atoms with Gasteiger partial charge >= 0.3 is 0 Å². The van der Waals surface area contributed by atoms with Gasteiger partial charge in [-0.1, -0.05) is 6.92 Å². The van der Waals surface area contributed by atoms with Crippen LogP contribution < -0.4 is 5.32 Å². The summed E-state index contributed by atoms with van der Waals surface area (Å²) < 4.78 is 5.53. The number of hydrogen-bond acceptors (Lipinski definition) is 5. The second-order valence-electron chi connectivity index (χ2n) is 8.35. The number of rotatable bonds is 5. The number of amides is 1. The van der Waals surface area contributed by atoms with Gasteiger partial charge < -0.3 is 15.0 Å². The Balaban J connectivity index is 1.46. The number of aromatic nitrogens is 2. The van der Waals surface area contributed by atoms with Crippen LogP contribution in [0.2, 0.25) is 0 Å². The molecule has 150 valence electrons. The van der Waals surface area contributed by atoms with Gasteiger partial charge in [-0.05, 0) is 50.8 Å². The van der Waals surface area contributed by atoms with E-state index in [4.69, 9.17) is 4.74 Å². The minimum Gasteiger partial charge on any atom is -0.379 e. The lowest BCUT2D eigenvalue weighted by atomic mass is 9.61. The molecule has 3 fully saturated rings. The summed E-state index contributed by atoms with van der Waals surface area (Å²) in [5.41, 5.74) is 0.721. The molecule has 3 heterocycles. The van der Waals surface area contributed by atoms with E-state index in [0.717, 1.165) is 77.3 Å². The standard InChI is InChI=1S/C20H33N5O2/c1-2-24-8-5-16-13-18(25-9-11-27-12-10-25)3-6-20(16,15-24)19(26)21-14-17-4-7-22-23-17/h4,7,16,18H,2-3,5-6,8-15H2,1H3,(H,21,26)(H,22,23)/t16-,18+,20-/m1/s1. The molecule has 1 aromatic rings. The highest BCUT2D eigenvalue weighted by Gasteiger charge is 2.52. The van der Waals surface area contributed by atoms with Gasteiger partial charge in [-0.2, -0.15) is 5.10 Å². The van der Waals surface area contributed by atoms with E-state index in [1.54, 1.807) is 6.20 Å². The maximum Gasteiger partial charge on any atom is 0.228 e. The summed E-state index contributed by atoms with van der Waals surface area (Å²) in [5.74, 6) is 0.712. The Hall–Kier alpha value is -1.44. The first kappa shape index (κ1) is 18.9. The number of morpholine rings is 1. The third-order valence-corrected chi connectivity index (χ3v) is 7.02. The molecule has 0 aromatic carbocycles. The van der Waals surface area contributed by atoms with Crippen molar-refractivity contribution >= 4 is 5.91 Å². The Morgan fingerprint density at radius 2 is 2.22 bits per heavy atom. The highest BCUT2D eigenvalue weighted by Crippen LogP contribution is 2.47. The van der Waals surface area contributed by atoms with E-state index in [9.17, 15) is 4.79 Å². The zero-order valence-corrected chi connectivity index (χ0v) is 16.5. The number of aromatic amines is 1. The number of nitrogens with zero attached hydrogens (tertiary/aromatic N) is 3. The molecule has 0 bridgehead atoms. The molecule has 3 atom stereocenters. The molecule has 4 rings (SSSR count). The third-order valence-electron chi connectivity index (χ3n) is 7.02. The van der Waals surface area contributed by atoms with Gasteiger partial charge in [0.05, 0.1) is 30.9 Å². The van der Waals surface area contributed by atoms with E-state index in [0.29, 0.717) is 18.5 Å². The minimum atomic E-state index is -0.239. The average Bonchev–Trinajstić information content (AvgIpc) is 3.25. The number of nitrogens with one attached hydrogen (secondary N) is 2. The van der Waals surface area contributed by atoms with Crippen molar-refractivity contribution in [1.82, 2.24) is 25.3 Å². The van der Waals surface area contributed by atoms with Gasteiger partial charge in [0.2, 0.25) is 5.91 Å². The fraction of sp³-hybridized carbons (Fsp3) is 0.800. The van der Waals surface area contributed by atoms with Crippen LogP contribution in [0.1, 0.15) is 38.3 Å². The number of ether oxygens (including phenoxy) is 1. The number of likely N-dealkylation sites (tertiary alicyclic amines) is 1. The van der Waals surface area contributed by atoms with Crippen LogP contribution in [0.4, 0.5) is 0 Å². The van der Waals surface area contributed by atoms with Crippen LogP contribution in [-0.4, -0.2) is 77.9 Å². The molecule has 2 aliphatic heterocycles. The van der Waals surface area contributed by atoms with Gasteiger partial charge in [0.15, 0.2) is 0 Å². The summed E-state index contributed by atoms with van der Waals surface area (Å²) in [6, 6.07) is 2.53. The zero-order valence-electron chi connectivity index (χ0n) is 16.5. The highest BCUT2D eigenvalue weighted by molar-refractivity contribution is 5.83. The van der Waals surface area contributed by atoms with Gasteiger partial charge in [0.1, 0.15) is 0 Å². The molecule has 1 saturated carbocycles. The molecule has 7 nitrogen and oxygen atoms in total. The van der Waals surface area contributed by atoms with Crippen LogP contribution in [-0.2, 0) is 16.1 Å². The molecule has 0 spiro atoms. The monoisotopic (exact) mass is 375 g/mol. The van der Waals surface area contributed by atoms with Crippen molar-refractivity contribution < 1.29 is 9.53 Å². The van der Waals surface area contributed by atoms with Crippen molar-refractivity contribution in [2.24, 2.45) is 11.3 Å². The van der Waals surface area contributed by atoms with Crippen molar-refractivity contribution in [2.45, 2.75) is 45.2 Å². The van der Waals surface area contributed by atoms with Gasteiger partial charge in [-0.3, -0.25) is 14.8 Å². The molecule has 1 aliphatic carbocycles. The van der Waals surface area contributed by atoms with Crippen molar-refractivity contribution in [3.05, 3.63) is 18.0 Å². The lowest BCUT2D eigenvalue weighted by molar-refractivity contribution is -0.145. The SMILES string of the molecule is CCN1CC[C@@H]2C[C@@H](N3CCOCC3)CC[C@@]2(C(=O)NCc2ccn[nH]2)C1. The first-order valence-electron chi connectivity index (χ1n) is 10.5. The van der Waals surface area contributed by atoms with Gasteiger partial charge in [-0.25, -0.2) is 0 Å². The Bertz CT molecular complexity index is 616. The zero-order chi connectivity index (χ0) is 18.7. The maximum absolute atomic E-state index is 13.4. The fourth-order valence-electron chi connectivity index (χ4n) is 5.37. The van der Waals surface area contributed by atoms with Gasteiger partial charge in [0, 0.05) is 31.9 Å². The molecular weight excluding hydrogens is 342 g/mol. The summed E-state index contributed by atoms with van der Waals surface area (Å²) in [7, 11) is 0. The normalized spacial score (nSPS) is 32.8. The predicted octanol–water partition coefficient (Wildman–Crippen LogP) is 1.24. The van der Waals surface area contributed by atoms with Crippen LogP contribution in [0.15, 0.2) is 12.3 Å². The average molecular weight is 376 g/mol. The second kappa shape index (κ2) is 8.29. The van der Waals surface area contributed by atoms with Crippen molar-refractivity contribution in [3.8, 4) is 0 Å². The number of carbonyl (C=O) groups excluding carboxylic acids is 1. The molecule has 7 heteroatoms. The molecule has 27 heavy (non-hydrogen) atoms. The van der Waals surface area contributed by atoms with E-state index in [2.05, 4.69) is 32.2 Å². The Labute approximate surface area is 161 Å². The fourth-order valence-corrected chi connectivity index (χ4v) is 5.37. The van der Waals surface area contributed by atoms with E-state index in [1.165, 1.54) is 0 Å². The smallest absolute Gasteiger partial charge is 0.228 e. The van der Waals surface area contributed by atoms with Gasteiger partial charge in [-0.15, -0.1) is 0 Å². The first-order chi connectivity index (χ1) is 13.2. The van der Waals surface area contributed by atoms with Crippen molar-refractivity contribution in [1.29, 1.82) is 0 Å². The predicted molar refractivity (Wildman–Crippen MR) is 103 cm³/mol. The molecule has 1 aromatic heterocycles. The summed E-state index contributed by atoms with van der Waals surface area (Å²) in [5, 5.41) is 10.1. The Morgan fingerprint density at radius 3 is 2.96 bits per heavy atom. The Morgan fingerprint density at radius 1 is 1.37 bits per heavy atom. The summed E-state index contributed by atoms with van der Waals surface area (Å²) in [6.07, 6.45) is 6.12. The van der Waals surface area contributed by atoms with Gasteiger partial charge in [0.25, 0.3) is 0 Å². The largest absolute Gasteiger partial charge is 0.379 e. The molecule has 0 radical (unpaired) electrons. The molecular formula is C20H33N5O2. The van der Waals surface area contributed by atoms with E-state index in [1.807, 2.05) is 6.07 Å². The summed E-state index contributed by atoms with van der Waals surface area (Å²) in [4.78, 5) is 18.4. The lowest BCUT2D eigenvalue weighted by Crippen LogP contribution is -2.60. The molecule has 1 amide bonds. The summed E-state index contributed by atoms with van der Waals surface area (Å²) in [6.45, 7) is 9.55. The molecule has 0 unspecified atom stereocenters. The quantitative estimate of drug-likeness (QED) is 0.810. The molecule has 2 saturated heterocycles. The number of hydrogen-bond donors (Lipinski definition) is 2. The third kappa shape index (κ3) is 3.91. The van der Waals surface area contributed by atoms with E-state index in [-0.39, 0.29) is 11.3 Å². The number of piperidine rings is 1. The molecule has 2 N–H and O–H groups in total. The Kier molecular flexibility index (Phi) is 5.80. The van der Waals surface area contributed by atoms with E-state index < -0.39 is 0 Å². The number of fused-ring (bicyclic) bond motifs is 1. The highest BCUT2D eigenvalue weighted by atomic mass is 16.5. The number of carbonyl (C=O) groups is 1. The van der Waals surface area contributed by atoms with Crippen molar-refractivity contribution in [3.63, 3.8) is 0 Å². The van der Waals surface area contributed by atoms with Crippen LogP contribution in [0, 0.1) is 11.3 Å². The van der Waals surface area contributed by atoms with Crippen molar-refractivity contribution in [2.75, 3.05) is 45.9 Å². The van der Waals surface area contributed by atoms with Crippen LogP contribution in [0.25, 0.3) is 0 Å². The first-order valence-corrected chi connectivity index (χ1v) is 10.5. The van der Waals surface area contributed by atoms with E-state index >= 15 is 0 Å². The maximum atomic E-state index is 13.4. The van der Waals surface area contributed by atoms with Crippen LogP contribution in [0.5, 0.6) is 0 Å².